The summed E-state index contributed by atoms with van der Waals surface area (Å²) in [5.41, 5.74) is 4.18. The van der Waals surface area contributed by atoms with E-state index in [1.54, 1.807) is 19.2 Å². The molecule has 0 atom stereocenters. The van der Waals surface area contributed by atoms with E-state index in [2.05, 4.69) is 4.58 Å². The normalized spacial score (nSPS) is 13.9. The van der Waals surface area contributed by atoms with Gasteiger partial charge >= 0.3 is 0 Å². The van der Waals surface area contributed by atoms with Crippen LogP contribution in [0.15, 0.2) is 36.4 Å². The van der Waals surface area contributed by atoms with Crippen molar-refractivity contribution in [2.75, 3.05) is 20.7 Å². The molecule has 4 heteroatoms. The number of phenols is 2. The molecule has 0 unspecified atom stereocenters. The molecule has 22 heavy (non-hydrogen) atoms. The van der Waals surface area contributed by atoms with Gasteiger partial charge in [-0.05, 0) is 29.3 Å². The molecule has 0 radical (unpaired) electrons. The Kier molecular flexibility index (Phi) is 3.75. The van der Waals surface area contributed by atoms with E-state index in [4.69, 9.17) is 4.74 Å². The van der Waals surface area contributed by atoms with Crippen molar-refractivity contribution < 1.29 is 19.5 Å². The third-order valence-electron chi connectivity index (χ3n) is 4.22. The third-order valence-corrected chi connectivity index (χ3v) is 4.22. The van der Waals surface area contributed by atoms with E-state index in [9.17, 15) is 10.2 Å². The Balaban J connectivity index is 2.06. The van der Waals surface area contributed by atoms with Gasteiger partial charge in [-0.15, -0.1) is 0 Å². The van der Waals surface area contributed by atoms with Gasteiger partial charge in [-0.25, -0.2) is 4.58 Å². The number of ether oxygens (including phenoxy) is 1. The van der Waals surface area contributed by atoms with Gasteiger partial charge in [0.1, 0.15) is 19.3 Å². The number of benzene rings is 2. The average Bonchev–Trinajstić information content (AvgIpc) is 2.52. The molecule has 1 aliphatic heterocycles. The lowest BCUT2D eigenvalue weighted by Gasteiger charge is -2.19. The summed E-state index contributed by atoms with van der Waals surface area (Å²) in [6.45, 7) is 0.923. The van der Waals surface area contributed by atoms with Crippen LogP contribution in [0.1, 0.15) is 16.7 Å². The number of nitrogens with zero attached hydrogens (tertiary/aromatic N) is 1. The van der Waals surface area contributed by atoms with Crippen molar-refractivity contribution in [2.24, 2.45) is 0 Å². The van der Waals surface area contributed by atoms with Crippen LogP contribution in [0.2, 0.25) is 0 Å². The van der Waals surface area contributed by atoms with E-state index in [0.29, 0.717) is 12.2 Å². The summed E-state index contributed by atoms with van der Waals surface area (Å²) in [5, 5.41) is 19.9. The maximum atomic E-state index is 10.5. The van der Waals surface area contributed by atoms with Gasteiger partial charge in [0, 0.05) is 6.42 Å². The van der Waals surface area contributed by atoms with Gasteiger partial charge in [0.15, 0.2) is 17.2 Å². The van der Waals surface area contributed by atoms with E-state index < -0.39 is 0 Å². The van der Waals surface area contributed by atoms with E-state index >= 15 is 0 Å². The number of rotatable bonds is 3. The summed E-state index contributed by atoms with van der Waals surface area (Å²) >= 11 is 0. The van der Waals surface area contributed by atoms with Crippen molar-refractivity contribution in [1.29, 1.82) is 0 Å². The van der Waals surface area contributed by atoms with Crippen molar-refractivity contribution in [2.45, 2.75) is 12.8 Å². The fourth-order valence-electron chi connectivity index (χ4n) is 2.95. The molecule has 0 fully saturated rings. The Morgan fingerprint density at radius 3 is 2.50 bits per heavy atom. The van der Waals surface area contributed by atoms with Crippen LogP contribution < -0.4 is 4.74 Å². The molecular formula is C18H20NO3+. The van der Waals surface area contributed by atoms with Crippen molar-refractivity contribution >= 4 is 5.71 Å². The predicted molar refractivity (Wildman–Crippen MR) is 85.3 cm³/mol. The minimum Gasteiger partial charge on any atom is -0.508 e. The van der Waals surface area contributed by atoms with Gasteiger partial charge < -0.3 is 14.9 Å². The van der Waals surface area contributed by atoms with Crippen LogP contribution in [0.25, 0.3) is 0 Å². The maximum Gasteiger partial charge on any atom is 0.191 e. The van der Waals surface area contributed by atoms with Crippen LogP contribution in [0.5, 0.6) is 17.2 Å². The maximum absolute atomic E-state index is 10.5. The first kappa shape index (κ1) is 14.4. The highest BCUT2D eigenvalue weighted by molar-refractivity contribution is 6.03. The Bertz CT molecular complexity index is 733. The van der Waals surface area contributed by atoms with Crippen LogP contribution in [-0.2, 0) is 12.8 Å². The lowest BCUT2D eigenvalue weighted by molar-refractivity contribution is -0.498. The van der Waals surface area contributed by atoms with Crippen molar-refractivity contribution in [3.63, 3.8) is 0 Å². The summed E-state index contributed by atoms with van der Waals surface area (Å²) in [7, 11) is 3.60. The lowest BCUT2D eigenvalue weighted by Crippen LogP contribution is -2.29. The zero-order chi connectivity index (χ0) is 15.7. The molecule has 3 rings (SSSR count). The van der Waals surface area contributed by atoms with Crippen molar-refractivity contribution in [1.82, 2.24) is 0 Å². The SMILES string of the molecule is COc1ccc2c(c1O)C(Cc1ccc(O)cc1)=[N+](C)CC2. The molecular weight excluding hydrogens is 278 g/mol. The highest BCUT2D eigenvalue weighted by Crippen LogP contribution is 2.35. The number of methoxy groups -OCH3 is 1. The van der Waals surface area contributed by atoms with E-state index in [0.717, 1.165) is 35.4 Å². The highest BCUT2D eigenvalue weighted by atomic mass is 16.5. The Hall–Kier alpha value is -2.49. The molecule has 4 nitrogen and oxygen atoms in total. The second-order valence-electron chi connectivity index (χ2n) is 5.61. The monoisotopic (exact) mass is 298 g/mol. The van der Waals surface area contributed by atoms with Crippen molar-refractivity contribution in [3.8, 4) is 17.2 Å². The smallest absolute Gasteiger partial charge is 0.191 e. The molecule has 2 aromatic rings. The first-order valence-corrected chi connectivity index (χ1v) is 7.34. The van der Waals surface area contributed by atoms with E-state index in [1.165, 1.54) is 0 Å². The summed E-state index contributed by atoms with van der Waals surface area (Å²) in [4.78, 5) is 0. The Morgan fingerprint density at radius 2 is 1.82 bits per heavy atom. The van der Waals surface area contributed by atoms with Crippen LogP contribution in [0.3, 0.4) is 0 Å². The minimum atomic E-state index is 0.209. The van der Waals surface area contributed by atoms with Gasteiger partial charge in [0.2, 0.25) is 0 Å². The molecule has 1 heterocycles. The molecule has 114 valence electrons. The minimum absolute atomic E-state index is 0.209. The van der Waals surface area contributed by atoms with E-state index in [1.807, 2.05) is 31.3 Å². The van der Waals surface area contributed by atoms with Crippen LogP contribution in [0, 0.1) is 0 Å². The fourth-order valence-corrected chi connectivity index (χ4v) is 2.95. The molecule has 0 saturated carbocycles. The fraction of sp³-hybridized carbons (Fsp3) is 0.278. The van der Waals surface area contributed by atoms with Gasteiger partial charge in [-0.3, -0.25) is 0 Å². The van der Waals surface area contributed by atoms with Crippen LogP contribution in [0.4, 0.5) is 0 Å². The molecule has 2 N–H and O–H groups in total. The molecule has 0 amide bonds. The first-order valence-electron chi connectivity index (χ1n) is 7.34. The predicted octanol–water partition coefficient (Wildman–Crippen LogP) is 2.34. The van der Waals surface area contributed by atoms with Gasteiger partial charge in [-0.1, -0.05) is 18.2 Å². The molecule has 2 aromatic carbocycles. The van der Waals surface area contributed by atoms with Gasteiger partial charge in [0.05, 0.1) is 19.1 Å². The number of hydrogen-bond donors (Lipinski definition) is 2. The summed E-state index contributed by atoms with van der Waals surface area (Å²) < 4.78 is 7.42. The Morgan fingerprint density at radius 1 is 1.09 bits per heavy atom. The average molecular weight is 298 g/mol. The third kappa shape index (κ3) is 2.52. The number of fused-ring (bicyclic) bond motifs is 1. The largest absolute Gasteiger partial charge is 0.508 e. The standard InChI is InChI=1S/C18H19NO3/c1-19-10-9-13-5-8-16(22-2)18(21)17(13)15(19)11-12-3-6-14(20)7-4-12/h3-8,20H,9-11H2,1-2H3/p+1. The summed E-state index contributed by atoms with van der Waals surface area (Å²) in [5.74, 6) is 0.966. The highest BCUT2D eigenvalue weighted by Gasteiger charge is 2.28. The van der Waals surface area contributed by atoms with Crippen LogP contribution >= 0.6 is 0 Å². The molecule has 0 aliphatic carbocycles. The number of aromatic hydroxyl groups is 2. The summed E-state index contributed by atoms with van der Waals surface area (Å²) in [6.07, 6.45) is 1.60. The lowest BCUT2D eigenvalue weighted by atomic mass is 9.91. The van der Waals surface area contributed by atoms with Crippen molar-refractivity contribution in [3.05, 3.63) is 53.1 Å². The summed E-state index contributed by atoms with van der Waals surface area (Å²) in [6, 6.07) is 11.0. The first-order chi connectivity index (χ1) is 10.6. The quantitative estimate of drug-likeness (QED) is 0.855. The molecule has 1 aliphatic rings. The molecule has 0 aromatic heterocycles. The zero-order valence-corrected chi connectivity index (χ0v) is 12.8. The molecule has 0 saturated heterocycles. The van der Waals surface area contributed by atoms with Crippen LogP contribution in [-0.4, -0.2) is 41.2 Å². The Labute approximate surface area is 129 Å². The molecule has 0 spiro atoms. The van der Waals surface area contributed by atoms with E-state index in [-0.39, 0.29) is 11.5 Å². The second-order valence-corrected chi connectivity index (χ2v) is 5.61. The number of phenolic OH excluding ortho intramolecular Hbond substituents is 2. The number of hydrogen-bond acceptors (Lipinski definition) is 3. The number of likely N-dealkylation sites (N-methyl/N-ethyl adjacent to an activating group) is 1. The van der Waals surface area contributed by atoms with Gasteiger partial charge in [-0.2, -0.15) is 0 Å². The zero-order valence-electron chi connectivity index (χ0n) is 12.8. The topological polar surface area (TPSA) is 52.7 Å². The van der Waals surface area contributed by atoms with Gasteiger partial charge in [0.25, 0.3) is 0 Å². The molecule has 0 bridgehead atoms. The second kappa shape index (κ2) is 5.72.